The smallest absolute Gasteiger partial charge is 0.246 e. The minimum atomic E-state index is -0.329. The first-order valence-corrected chi connectivity index (χ1v) is 6.62. The Labute approximate surface area is 126 Å². The molecule has 0 aliphatic heterocycles. The van der Waals surface area contributed by atoms with E-state index in [9.17, 15) is 9.90 Å². The van der Waals surface area contributed by atoms with Gasteiger partial charge in [-0.15, -0.1) is 0 Å². The normalized spacial score (nSPS) is 10.6. The summed E-state index contributed by atoms with van der Waals surface area (Å²) in [5.41, 5.74) is 1.65. The van der Waals surface area contributed by atoms with Crippen molar-refractivity contribution in [1.82, 2.24) is 9.78 Å². The quantitative estimate of drug-likeness (QED) is 0.855. The minimum absolute atomic E-state index is 0.00530. The second-order valence-electron chi connectivity index (χ2n) is 4.35. The summed E-state index contributed by atoms with van der Waals surface area (Å²) in [6, 6.07) is 4.43. The van der Waals surface area contributed by atoms with Crippen LogP contribution in [0.1, 0.15) is 11.4 Å². The van der Waals surface area contributed by atoms with Crippen LogP contribution < -0.4 is 5.32 Å². The van der Waals surface area contributed by atoms with E-state index in [0.717, 1.165) is 5.69 Å². The minimum Gasteiger partial charge on any atom is -0.506 e. The Hall–Kier alpha value is -1.72. The third-order valence-corrected chi connectivity index (χ3v) is 3.60. The van der Waals surface area contributed by atoms with Crippen molar-refractivity contribution in [2.24, 2.45) is 0 Å². The maximum atomic E-state index is 11.9. The molecule has 0 bridgehead atoms. The van der Waals surface area contributed by atoms with Gasteiger partial charge in [0.1, 0.15) is 12.3 Å². The zero-order chi connectivity index (χ0) is 14.9. The fraction of sp³-hybridized carbons (Fsp3) is 0.231. The monoisotopic (exact) mass is 313 g/mol. The zero-order valence-corrected chi connectivity index (χ0v) is 12.5. The van der Waals surface area contributed by atoms with Gasteiger partial charge in [-0.2, -0.15) is 5.10 Å². The number of phenolic OH excluding ortho intramolecular Hbond substituents is 1. The van der Waals surface area contributed by atoms with Gasteiger partial charge in [-0.3, -0.25) is 9.48 Å². The molecule has 5 nitrogen and oxygen atoms in total. The molecule has 1 aromatic heterocycles. The van der Waals surface area contributed by atoms with Crippen LogP contribution in [0.2, 0.25) is 10.0 Å². The van der Waals surface area contributed by atoms with Gasteiger partial charge in [-0.1, -0.05) is 23.2 Å². The summed E-state index contributed by atoms with van der Waals surface area (Å²) in [7, 11) is 0. The van der Waals surface area contributed by atoms with Crippen LogP contribution in [0.5, 0.6) is 5.75 Å². The van der Waals surface area contributed by atoms with Gasteiger partial charge in [0.2, 0.25) is 5.91 Å². The standard InChI is InChI=1S/C13H13Cl2N3O2/c1-7-13(15)8(2)18(17-7)6-12(20)16-10-5-9(14)3-4-11(10)19/h3-5,19H,6H2,1-2H3,(H,16,20). The molecule has 0 aliphatic rings. The highest BCUT2D eigenvalue weighted by Crippen LogP contribution is 2.26. The van der Waals surface area contributed by atoms with E-state index in [1.54, 1.807) is 13.8 Å². The van der Waals surface area contributed by atoms with E-state index >= 15 is 0 Å². The van der Waals surface area contributed by atoms with Crippen LogP contribution >= 0.6 is 23.2 Å². The molecule has 0 atom stereocenters. The number of carbonyl (C=O) groups is 1. The van der Waals surface area contributed by atoms with Gasteiger partial charge in [0.15, 0.2) is 0 Å². The van der Waals surface area contributed by atoms with Crippen LogP contribution in [0.15, 0.2) is 18.2 Å². The number of halogens is 2. The molecule has 1 amide bonds. The molecule has 2 aromatic rings. The summed E-state index contributed by atoms with van der Waals surface area (Å²) in [6.45, 7) is 3.56. The van der Waals surface area contributed by atoms with Crippen LogP contribution in [0.25, 0.3) is 0 Å². The lowest BCUT2D eigenvalue weighted by Gasteiger charge is -2.08. The number of rotatable bonds is 3. The molecule has 2 rings (SSSR count). The van der Waals surface area contributed by atoms with Crippen molar-refractivity contribution in [1.29, 1.82) is 0 Å². The number of benzene rings is 1. The van der Waals surface area contributed by atoms with Crippen LogP contribution in [0, 0.1) is 13.8 Å². The van der Waals surface area contributed by atoms with Gasteiger partial charge in [0, 0.05) is 5.02 Å². The molecule has 0 aliphatic carbocycles. The first-order chi connectivity index (χ1) is 9.38. The Morgan fingerprint density at radius 1 is 1.40 bits per heavy atom. The van der Waals surface area contributed by atoms with Crippen molar-refractivity contribution >= 4 is 34.8 Å². The van der Waals surface area contributed by atoms with Crippen molar-refractivity contribution in [3.05, 3.63) is 39.6 Å². The molecule has 0 unspecified atom stereocenters. The Morgan fingerprint density at radius 2 is 2.10 bits per heavy atom. The van der Waals surface area contributed by atoms with Gasteiger partial charge in [-0.25, -0.2) is 0 Å². The maximum Gasteiger partial charge on any atom is 0.246 e. The number of anilines is 1. The second-order valence-corrected chi connectivity index (χ2v) is 5.17. The fourth-order valence-corrected chi connectivity index (χ4v) is 2.07. The average molecular weight is 314 g/mol. The largest absolute Gasteiger partial charge is 0.506 e. The Bertz CT molecular complexity index is 668. The third-order valence-electron chi connectivity index (χ3n) is 2.82. The van der Waals surface area contributed by atoms with E-state index in [-0.39, 0.29) is 23.9 Å². The first kappa shape index (κ1) is 14.7. The van der Waals surface area contributed by atoms with E-state index < -0.39 is 0 Å². The van der Waals surface area contributed by atoms with E-state index in [0.29, 0.717) is 15.7 Å². The highest BCUT2D eigenvalue weighted by molar-refractivity contribution is 6.32. The molecule has 0 saturated heterocycles. The molecule has 106 valence electrons. The number of aryl methyl sites for hydroxylation is 1. The topological polar surface area (TPSA) is 67.2 Å². The molecule has 0 saturated carbocycles. The van der Waals surface area contributed by atoms with Crippen molar-refractivity contribution in [2.75, 3.05) is 5.32 Å². The summed E-state index contributed by atoms with van der Waals surface area (Å²) < 4.78 is 1.51. The van der Waals surface area contributed by atoms with Gasteiger partial charge >= 0.3 is 0 Å². The number of nitrogens with zero attached hydrogens (tertiary/aromatic N) is 2. The summed E-state index contributed by atoms with van der Waals surface area (Å²) >= 11 is 11.8. The number of phenols is 1. The van der Waals surface area contributed by atoms with E-state index in [4.69, 9.17) is 23.2 Å². The van der Waals surface area contributed by atoms with Gasteiger partial charge in [0.25, 0.3) is 0 Å². The van der Waals surface area contributed by atoms with Crippen LogP contribution in [-0.4, -0.2) is 20.8 Å². The number of nitrogens with one attached hydrogen (secondary N) is 1. The Morgan fingerprint density at radius 3 is 2.70 bits per heavy atom. The Kier molecular flexibility index (Phi) is 4.20. The molecular weight excluding hydrogens is 301 g/mol. The zero-order valence-electron chi connectivity index (χ0n) is 10.9. The van der Waals surface area contributed by atoms with Crippen molar-refractivity contribution < 1.29 is 9.90 Å². The van der Waals surface area contributed by atoms with Crippen LogP contribution in [0.3, 0.4) is 0 Å². The molecular formula is C13H13Cl2N3O2. The van der Waals surface area contributed by atoms with Crippen LogP contribution in [-0.2, 0) is 11.3 Å². The average Bonchev–Trinajstić information content (AvgIpc) is 2.61. The SMILES string of the molecule is Cc1nn(CC(=O)Nc2cc(Cl)ccc2O)c(C)c1Cl. The highest BCUT2D eigenvalue weighted by Gasteiger charge is 2.13. The first-order valence-electron chi connectivity index (χ1n) is 5.86. The number of hydrogen-bond donors (Lipinski definition) is 2. The third kappa shape index (κ3) is 3.05. The van der Waals surface area contributed by atoms with E-state index in [2.05, 4.69) is 10.4 Å². The summed E-state index contributed by atoms with van der Waals surface area (Å²) in [6.07, 6.45) is 0. The van der Waals surface area contributed by atoms with E-state index in [1.165, 1.54) is 22.9 Å². The second kappa shape index (κ2) is 5.73. The lowest BCUT2D eigenvalue weighted by Crippen LogP contribution is -2.20. The number of carbonyl (C=O) groups excluding carboxylic acids is 1. The van der Waals surface area contributed by atoms with Crippen molar-refractivity contribution in [3.8, 4) is 5.75 Å². The molecule has 1 heterocycles. The summed E-state index contributed by atoms with van der Waals surface area (Å²) in [5.74, 6) is -0.376. The summed E-state index contributed by atoms with van der Waals surface area (Å²) in [4.78, 5) is 11.9. The molecule has 2 N–H and O–H groups in total. The molecule has 0 radical (unpaired) electrons. The maximum absolute atomic E-state index is 11.9. The molecule has 1 aromatic carbocycles. The number of amides is 1. The summed E-state index contributed by atoms with van der Waals surface area (Å²) in [5, 5.41) is 17.3. The molecule has 7 heteroatoms. The lowest BCUT2D eigenvalue weighted by atomic mass is 10.3. The predicted molar refractivity (Wildman–Crippen MR) is 78.5 cm³/mol. The van der Waals surface area contributed by atoms with Crippen molar-refractivity contribution in [3.63, 3.8) is 0 Å². The predicted octanol–water partition coefficient (Wildman–Crippen LogP) is 3.15. The van der Waals surface area contributed by atoms with E-state index in [1.807, 2.05) is 0 Å². The van der Waals surface area contributed by atoms with Gasteiger partial charge in [0.05, 0.1) is 22.1 Å². The van der Waals surface area contributed by atoms with Gasteiger partial charge < -0.3 is 10.4 Å². The Balaban J connectivity index is 2.13. The fourth-order valence-electron chi connectivity index (χ4n) is 1.76. The molecule has 0 fully saturated rings. The number of hydrogen-bond acceptors (Lipinski definition) is 3. The number of aromatic nitrogens is 2. The lowest BCUT2D eigenvalue weighted by molar-refractivity contribution is -0.117. The van der Waals surface area contributed by atoms with Crippen molar-refractivity contribution in [2.45, 2.75) is 20.4 Å². The van der Waals surface area contributed by atoms with Crippen LogP contribution in [0.4, 0.5) is 5.69 Å². The molecule has 20 heavy (non-hydrogen) atoms. The van der Waals surface area contributed by atoms with Gasteiger partial charge in [-0.05, 0) is 32.0 Å². The highest BCUT2D eigenvalue weighted by atomic mass is 35.5. The number of aromatic hydroxyl groups is 1. The molecule has 0 spiro atoms.